The molecule has 1 amide bonds. The van der Waals surface area contributed by atoms with Gasteiger partial charge in [0.1, 0.15) is 0 Å². The van der Waals surface area contributed by atoms with Gasteiger partial charge in [-0.2, -0.15) is 4.98 Å². The van der Waals surface area contributed by atoms with Crippen molar-refractivity contribution in [3.8, 4) is 11.3 Å². The van der Waals surface area contributed by atoms with Crippen molar-refractivity contribution < 1.29 is 4.79 Å². The van der Waals surface area contributed by atoms with Gasteiger partial charge < -0.3 is 4.98 Å². The highest BCUT2D eigenvalue weighted by atomic mass is 16.2. The monoisotopic (exact) mass is 292 g/mol. The molecule has 0 spiro atoms. The minimum Gasteiger partial charge on any atom is -0.325 e. The number of benzene rings is 1. The van der Waals surface area contributed by atoms with E-state index in [-0.39, 0.29) is 11.9 Å². The number of aromatic amines is 1. The summed E-state index contributed by atoms with van der Waals surface area (Å²) in [7, 11) is 0. The SMILES string of the molecule is O=C(Nc1nc(=O)cc(-c2ccncc2)[nH]1)c1ccccc1. The van der Waals surface area contributed by atoms with Crippen molar-refractivity contribution in [3.05, 3.63) is 76.8 Å². The summed E-state index contributed by atoms with van der Waals surface area (Å²) in [6.45, 7) is 0. The summed E-state index contributed by atoms with van der Waals surface area (Å²) in [6.07, 6.45) is 3.24. The molecular weight excluding hydrogens is 280 g/mol. The largest absolute Gasteiger partial charge is 0.325 e. The Labute approximate surface area is 125 Å². The van der Waals surface area contributed by atoms with E-state index in [4.69, 9.17) is 0 Å². The van der Waals surface area contributed by atoms with Crippen molar-refractivity contribution in [3.63, 3.8) is 0 Å². The summed E-state index contributed by atoms with van der Waals surface area (Å²) < 4.78 is 0. The Morgan fingerprint density at radius 3 is 2.50 bits per heavy atom. The van der Waals surface area contributed by atoms with Crippen LogP contribution in [0.4, 0.5) is 5.95 Å². The van der Waals surface area contributed by atoms with Crippen LogP contribution in [0.5, 0.6) is 0 Å². The molecule has 0 atom stereocenters. The molecule has 2 aromatic heterocycles. The van der Waals surface area contributed by atoms with Gasteiger partial charge in [-0.3, -0.25) is 19.9 Å². The Morgan fingerprint density at radius 2 is 1.77 bits per heavy atom. The molecule has 6 nitrogen and oxygen atoms in total. The zero-order chi connectivity index (χ0) is 15.4. The summed E-state index contributed by atoms with van der Waals surface area (Å²) in [5, 5.41) is 2.59. The first-order valence-corrected chi connectivity index (χ1v) is 6.60. The number of H-pyrrole nitrogens is 1. The van der Waals surface area contributed by atoms with Crippen LogP contribution >= 0.6 is 0 Å². The Morgan fingerprint density at radius 1 is 1.05 bits per heavy atom. The van der Waals surface area contributed by atoms with E-state index in [2.05, 4.69) is 20.3 Å². The Hall–Kier alpha value is -3.28. The number of anilines is 1. The molecule has 0 saturated carbocycles. The zero-order valence-electron chi connectivity index (χ0n) is 11.5. The second kappa shape index (κ2) is 6.01. The topological polar surface area (TPSA) is 87.7 Å². The third-order valence-electron chi connectivity index (χ3n) is 3.00. The van der Waals surface area contributed by atoms with Crippen molar-refractivity contribution in [2.75, 3.05) is 5.32 Å². The number of carbonyl (C=O) groups excluding carboxylic acids is 1. The third kappa shape index (κ3) is 3.06. The lowest BCUT2D eigenvalue weighted by Crippen LogP contribution is -2.18. The van der Waals surface area contributed by atoms with E-state index in [1.54, 1.807) is 48.8 Å². The van der Waals surface area contributed by atoms with Gasteiger partial charge >= 0.3 is 0 Å². The molecule has 0 saturated heterocycles. The minimum absolute atomic E-state index is 0.105. The number of nitrogens with zero attached hydrogens (tertiary/aromatic N) is 2. The Kier molecular flexibility index (Phi) is 3.74. The first kappa shape index (κ1) is 13.7. The average molecular weight is 292 g/mol. The maximum absolute atomic E-state index is 12.1. The maximum Gasteiger partial charge on any atom is 0.275 e. The number of rotatable bonds is 3. The lowest BCUT2D eigenvalue weighted by atomic mass is 10.2. The molecule has 0 radical (unpaired) electrons. The van der Waals surface area contributed by atoms with Crippen LogP contribution in [0.15, 0.2) is 65.7 Å². The van der Waals surface area contributed by atoms with Gasteiger partial charge in [-0.15, -0.1) is 0 Å². The van der Waals surface area contributed by atoms with Crippen molar-refractivity contribution in [1.82, 2.24) is 15.0 Å². The summed E-state index contributed by atoms with van der Waals surface area (Å²) in [6, 6.07) is 13.6. The van der Waals surface area contributed by atoms with E-state index in [0.717, 1.165) is 5.56 Å². The van der Waals surface area contributed by atoms with E-state index in [1.807, 2.05) is 6.07 Å². The molecule has 0 unspecified atom stereocenters. The second-order valence-corrected chi connectivity index (χ2v) is 4.54. The van der Waals surface area contributed by atoms with Crippen LogP contribution in [0.3, 0.4) is 0 Å². The molecule has 0 bridgehead atoms. The van der Waals surface area contributed by atoms with Gasteiger partial charge in [-0.25, -0.2) is 0 Å². The van der Waals surface area contributed by atoms with E-state index < -0.39 is 5.56 Å². The lowest BCUT2D eigenvalue weighted by molar-refractivity contribution is 0.102. The number of carbonyl (C=O) groups is 1. The van der Waals surface area contributed by atoms with Crippen LogP contribution in [0.25, 0.3) is 11.3 Å². The predicted molar refractivity (Wildman–Crippen MR) is 82.5 cm³/mol. The maximum atomic E-state index is 12.1. The van der Waals surface area contributed by atoms with Crippen molar-refractivity contribution in [2.45, 2.75) is 0 Å². The van der Waals surface area contributed by atoms with Gasteiger partial charge in [0, 0.05) is 29.6 Å². The fraction of sp³-hybridized carbons (Fsp3) is 0. The molecule has 2 heterocycles. The summed E-state index contributed by atoms with van der Waals surface area (Å²) >= 11 is 0. The summed E-state index contributed by atoms with van der Waals surface area (Å²) in [5.41, 5.74) is 1.39. The van der Waals surface area contributed by atoms with Gasteiger partial charge in [-0.1, -0.05) is 18.2 Å². The molecule has 1 aromatic carbocycles. The van der Waals surface area contributed by atoms with Gasteiger partial charge in [0.2, 0.25) is 5.95 Å². The van der Waals surface area contributed by atoms with Gasteiger partial charge in [0.05, 0.1) is 5.69 Å². The molecular formula is C16H12N4O2. The van der Waals surface area contributed by atoms with Crippen molar-refractivity contribution in [2.24, 2.45) is 0 Å². The molecule has 0 aliphatic rings. The van der Waals surface area contributed by atoms with Crippen LogP contribution < -0.4 is 10.9 Å². The standard InChI is InChI=1S/C16H12N4O2/c21-14-10-13(11-6-8-17-9-7-11)18-16(19-14)20-15(22)12-4-2-1-3-5-12/h1-10H,(H2,18,19,20,21,22). The molecule has 22 heavy (non-hydrogen) atoms. The van der Waals surface area contributed by atoms with Crippen LogP contribution in [-0.4, -0.2) is 20.9 Å². The fourth-order valence-corrected chi connectivity index (χ4v) is 1.97. The number of hydrogen-bond acceptors (Lipinski definition) is 4. The van der Waals surface area contributed by atoms with Crippen molar-refractivity contribution in [1.29, 1.82) is 0 Å². The summed E-state index contributed by atoms with van der Waals surface area (Å²) in [4.78, 5) is 34.4. The number of nitrogens with one attached hydrogen (secondary N) is 2. The normalized spacial score (nSPS) is 10.2. The third-order valence-corrected chi connectivity index (χ3v) is 3.00. The molecule has 3 rings (SSSR count). The Bertz CT molecular complexity index is 845. The number of aromatic nitrogens is 3. The molecule has 2 N–H and O–H groups in total. The highest BCUT2D eigenvalue weighted by molar-refractivity contribution is 6.03. The van der Waals surface area contributed by atoms with Crippen LogP contribution in [0.2, 0.25) is 0 Å². The highest BCUT2D eigenvalue weighted by Gasteiger charge is 2.08. The van der Waals surface area contributed by atoms with Crippen LogP contribution in [0, 0.1) is 0 Å². The van der Waals surface area contributed by atoms with E-state index >= 15 is 0 Å². The Balaban J connectivity index is 1.91. The molecule has 108 valence electrons. The van der Waals surface area contributed by atoms with Crippen LogP contribution in [-0.2, 0) is 0 Å². The zero-order valence-corrected chi connectivity index (χ0v) is 11.5. The lowest BCUT2D eigenvalue weighted by Gasteiger charge is -2.07. The molecule has 0 aliphatic carbocycles. The van der Waals surface area contributed by atoms with Crippen LogP contribution in [0.1, 0.15) is 10.4 Å². The number of hydrogen-bond donors (Lipinski definition) is 2. The van der Waals surface area contributed by atoms with E-state index in [1.165, 1.54) is 6.07 Å². The minimum atomic E-state index is -0.436. The first-order valence-electron chi connectivity index (χ1n) is 6.60. The van der Waals surface area contributed by atoms with E-state index in [0.29, 0.717) is 11.3 Å². The molecule has 6 heteroatoms. The molecule has 3 aromatic rings. The number of pyridine rings is 1. The van der Waals surface area contributed by atoms with Gasteiger partial charge in [0.15, 0.2) is 0 Å². The summed E-state index contributed by atoms with van der Waals surface area (Å²) in [5.74, 6) is -0.233. The highest BCUT2D eigenvalue weighted by Crippen LogP contribution is 2.14. The van der Waals surface area contributed by atoms with Gasteiger partial charge in [0.25, 0.3) is 11.5 Å². The molecule has 0 aliphatic heterocycles. The number of amides is 1. The fourth-order valence-electron chi connectivity index (χ4n) is 1.97. The van der Waals surface area contributed by atoms with E-state index in [9.17, 15) is 9.59 Å². The van der Waals surface area contributed by atoms with Gasteiger partial charge in [-0.05, 0) is 24.3 Å². The smallest absolute Gasteiger partial charge is 0.275 e. The van der Waals surface area contributed by atoms with Crippen molar-refractivity contribution >= 4 is 11.9 Å². The second-order valence-electron chi connectivity index (χ2n) is 4.54. The molecule has 0 fully saturated rings. The average Bonchev–Trinajstić information content (AvgIpc) is 2.56. The quantitative estimate of drug-likeness (QED) is 0.773. The predicted octanol–water partition coefficient (Wildman–Crippen LogP) is 2.08. The first-order chi connectivity index (χ1) is 10.7.